The molecule has 50 valence electrons. The van der Waals surface area contributed by atoms with Crippen molar-refractivity contribution in [2.75, 3.05) is 0 Å². The SMILES string of the molecule is C#CC1(CCCC)CC1. The molecule has 0 saturated heterocycles. The van der Waals surface area contributed by atoms with E-state index in [9.17, 15) is 0 Å². The van der Waals surface area contributed by atoms with Crippen LogP contribution in [0, 0.1) is 17.8 Å². The number of hydrogen-bond donors (Lipinski definition) is 0. The molecule has 0 amide bonds. The maximum Gasteiger partial charge on any atom is 0.0313 e. The summed E-state index contributed by atoms with van der Waals surface area (Å²) in [5.74, 6) is 2.89. The fraction of sp³-hybridized carbons (Fsp3) is 0.778. The Hall–Kier alpha value is -0.440. The van der Waals surface area contributed by atoms with Crippen LogP contribution < -0.4 is 0 Å². The van der Waals surface area contributed by atoms with Crippen LogP contribution in [0.5, 0.6) is 0 Å². The maximum absolute atomic E-state index is 5.36. The van der Waals surface area contributed by atoms with Crippen molar-refractivity contribution in [2.45, 2.75) is 39.0 Å². The highest BCUT2D eigenvalue weighted by atomic mass is 14.4. The Kier molecular flexibility index (Phi) is 1.81. The van der Waals surface area contributed by atoms with Gasteiger partial charge in [-0.15, -0.1) is 6.42 Å². The van der Waals surface area contributed by atoms with E-state index in [1.165, 1.54) is 32.1 Å². The molecular weight excluding hydrogens is 108 g/mol. The van der Waals surface area contributed by atoms with Crippen LogP contribution in [-0.2, 0) is 0 Å². The van der Waals surface area contributed by atoms with E-state index in [0.717, 1.165) is 0 Å². The molecule has 0 heterocycles. The highest BCUT2D eigenvalue weighted by molar-refractivity contribution is 5.14. The van der Waals surface area contributed by atoms with Gasteiger partial charge >= 0.3 is 0 Å². The quantitative estimate of drug-likeness (QED) is 0.505. The molecule has 0 aromatic carbocycles. The second-order valence-corrected chi connectivity index (χ2v) is 3.03. The number of hydrogen-bond acceptors (Lipinski definition) is 0. The predicted molar refractivity (Wildman–Crippen MR) is 40.0 cm³/mol. The minimum atomic E-state index is 0.371. The van der Waals surface area contributed by atoms with Crippen molar-refractivity contribution in [2.24, 2.45) is 5.41 Å². The second-order valence-electron chi connectivity index (χ2n) is 3.03. The normalized spacial score (nSPS) is 20.9. The van der Waals surface area contributed by atoms with E-state index >= 15 is 0 Å². The summed E-state index contributed by atoms with van der Waals surface area (Å²) in [6.07, 6.45) is 11.8. The summed E-state index contributed by atoms with van der Waals surface area (Å²) in [7, 11) is 0. The van der Waals surface area contributed by atoms with Gasteiger partial charge in [0.05, 0.1) is 0 Å². The van der Waals surface area contributed by atoms with E-state index in [1.54, 1.807) is 0 Å². The Labute approximate surface area is 57.7 Å². The smallest absolute Gasteiger partial charge is 0.0313 e. The van der Waals surface area contributed by atoms with Crippen LogP contribution in [0.3, 0.4) is 0 Å². The lowest BCUT2D eigenvalue weighted by Gasteiger charge is -2.03. The van der Waals surface area contributed by atoms with Crippen molar-refractivity contribution in [3.05, 3.63) is 0 Å². The zero-order valence-corrected chi connectivity index (χ0v) is 6.11. The highest BCUT2D eigenvalue weighted by Gasteiger charge is 2.39. The molecule has 0 aromatic rings. The Morgan fingerprint density at radius 1 is 1.56 bits per heavy atom. The largest absolute Gasteiger partial charge is 0.120 e. The van der Waals surface area contributed by atoms with E-state index in [1.807, 2.05) is 0 Å². The summed E-state index contributed by atoms with van der Waals surface area (Å²) >= 11 is 0. The summed E-state index contributed by atoms with van der Waals surface area (Å²) in [5, 5.41) is 0. The second kappa shape index (κ2) is 2.43. The number of unbranched alkanes of at least 4 members (excludes halogenated alkanes) is 1. The molecule has 1 rings (SSSR count). The van der Waals surface area contributed by atoms with Gasteiger partial charge in [-0.05, 0) is 19.3 Å². The molecule has 1 aliphatic carbocycles. The van der Waals surface area contributed by atoms with Gasteiger partial charge in [0.15, 0.2) is 0 Å². The van der Waals surface area contributed by atoms with Crippen LogP contribution in [0.4, 0.5) is 0 Å². The van der Waals surface area contributed by atoms with Crippen molar-refractivity contribution < 1.29 is 0 Å². The Balaban J connectivity index is 2.20. The van der Waals surface area contributed by atoms with Gasteiger partial charge in [0.1, 0.15) is 0 Å². The summed E-state index contributed by atoms with van der Waals surface area (Å²) in [4.78, 5) is 0. The van der Waals surface area contributed by atoms with Crippen LogP contribution in [-0.4, -0.2) is 0 Å². The fourth-order valence-corrected chi connectivity index (χ4v) is 1.13. The topological polar surface area (TPSA) is 0 Å². The van der Waals surface area contributed by atoms with Gasteiger partial charge in [0.2, 0.25) is 0 Å². The van der Waals surface area contributed by atoms with Crippen molar-refractivity contribution in [1.29, 1.82) is 0 Å². The average molecular weight is 122 g/mol. The summed E-state index contributed by atoms with van der Waals surface area (Å²) in [6, 6.07) is 0. The zero-order valence-electron chi connectivity index (χ0n) is 6.11. The van der Waals surface area contributed by atoms with E-state index in [-0.39, 0.29) is 0 Å². The minimum absolute atomic E-state index is 0.371. The first-order chi connectivity index (χ1) is 4.33. The molecule has 0 spiro atoms. The van der Waals surface area contributed by atoms with Gasteiger partial charge in [-0.3, -0.25) is 0 Å². The average Bonchev–Trinajstić information content (AvgIpc) is 2.65. The van der Waals surface area contributed by atoms with Gasteiger partial charge in [0, 0.05) is 5.41 Å². The van der Waals surface area contributed by atoms with Crippen LogP contribution in [0.25, 0.3) is 0 Å². The van der Waals surface area contributed by atoms with E-state index in [2.05, 4.69) is 12.8 Å². The predicted octanol–water partition coefficient (Wildman–Crippen LogP) is 2.59. The lowest BCUT2D eigenvalue weighted by molar-refractivity contribution is 0.563. The van der Waals surface area contributed by atoms with Crippen molar-refractivity contribution >= 4 is 0 Å². The molecule has 0 bridgehead atoms. The lowest BCUT2D eigenvalue weighted by atomic mass is 10.0. The van der Waals surface area contributed by atoms with Crippen LogP contribution in [0.1, 0.15) is 39.0 Å². The van der Waals surface area contributed by atoms with Gasteiger partial charge in [-0.1, -0.05) is 25.7 Å². The third-order valence-corrected chi connectivity index (χ3v) is 2.17. The van der Waals surface area contributed by atoms with Crippen LogP contribution in [0.2, 0.25) is 0 Å². The molecular formula is C9H14. The Morgan fingerprint density at radius 3 is 2.56 bits per heavy atom. The number of rotatable bonds is 3. The molecule has 1 saturated carbocycles. The molecule has 1 aliphatic rings. The third-order valence-electron chi connectivity index (χ3n) is 2.17. The summed E-state index contributed by atoms with van der Waals surface area (Å²) in [6.45, 7) is 2.21. The standard InChI is InChI=1S/C9H14/c1-3-5-6-9(4-2)7-8-9/h2H,3,5-8H2,1H3. The number of terminal acetylenes is 1. The molecule has 0 aliphatic heterocycles. The molecule has 0 N–H and O–H groups in total. The van der Waals surface area contributed by atoms with E-state index in [0.29, 0.717) is 5.41 Å². The Morgan fingerprint density at radius 2 is 2.22 bits per heavy atom. The van der Waals surface area contributed by atoms with Crippen LogP contribution >= 0.6 is 0 Å². The van der Waals surface area contributed by atoms with Gasteiger partial charge in [-0.2, -0.15) is 0 Å². The van der Waals surface area contributed by atoms with E-state index in [4.69, 9.17) is 6.42 Å². The van der Waals surface area contributed by atoms with Crippen molar-refractivity contribution in [3.63, 3.8) is 0 Å². The molecule has 0 nitrogen and oxygen atoms in total. The van der Waals surface area contributed by atoms with Gasteiger partial charge < -0.3 is 0 Å². The highest BCUT2D eigenvalue weighted by Crippen LogP contribution is 2.48. The van der Waals surface area contributed by atoms with Gasteiger partial charge in [0.25, 0.3) is 0 Å². The zero-order chi connectivity index (χ0) is 6.74. The first-order valence-corrected chi connectivity index (χ1v) is 3.81. The van der Waals surface area contributed by atoms with Crippen LogP contribution in [0.15, 0.2) is 0 Å². The summed E-state index contributed by atoms with van der Waals surface area (Å²) in [5.41, 5.74) is 0.371. The molecule has 0 radical (unpaired) electrons. The molecule has 0 heteroatoms. The first-order valence-electron chi connectivity index (χ1n) is 3.81. The Bertz CT molecular complexity index is 123. The molecule has 1 fully saturated rings. The van der Waals surface area contributed by atoms with Crippen molar-refractivity contribution in [3.8, 4) is 12.3 Å². The molecule has 9 heavy (non-hydrogen) atoms. The first kappa shape index (κ1) is 6.68. The molecule has 0 unspecified atom stereocenters. The molecule has 0 atom stereocenters. The minimum Gasteiger partial charge on any atom is -0.120 e. The van der Waals surface area contributed by atoms with E-state index < -0.39 is 0 Å². The van der Waals surface area contributed by atoms with Gasteiger partial charge in [-0.25, -0.2) is 0 Å². The monoisotopic (exact) mass is 122 g/mol. The lowest BCUT2D eigenvalue weighted by Crippen LogP contribution is -1.93. The summed E-state index contributed by atoms with van der Waals surface area (Å²) < 4.78 is 0. The van der Waals surface area contributed by atoms with Crippen molar-refractivity contribution in [1.82, 2.24) is 0 Å². The third kappa shape index (κ3) is 1.48. The maximum atomic E-state index is 5.36. The molecule has 0 aromatic heterocycles. The fourth-order valence-electron chi connectivity index (χ4n) is 1.13.